The van der Waals surface area contributed by atoms with E-state index in [0.717, 1.165) is 5.69 Å². The highest BCUT2D eigenvalue weighted by molar-refractivity contribution is 5.27. The van der Waals surface area contributed by atoms with E-state index in [0.29, 0.717) is 5.92 Å². The first-order chi connectivity index (χ1) is 5.13. The van der Waals surface area contributed by atoms with E-state index in [1.54, 1.807) is 0 Å². The zero-order valence-electron chi connectivity index (χ0n) is 7.55. The first-order valence-corrected chi connectivity index (χ1v) is 3.91. The molecule has 60 valence electrons. The molecule has 0 radical (unpaired) electrons. The second kappa shape index (κ2) is 2.99. The van der Waals surface area contributed by atoms with E-state index in [1.807, 2.05) is 13.1 Å². The summed E-state index contributed by atoms with van der Waals surface area (Å²) in [4.78, 5) is 0. The summed E-state index contributed by atoms with van der Waals surface area (Å²) >= 11 is 0. The summed E-state index contributed by atoms with van der Waals surface area (Å²) in [6, 6.07) is 0. The molecule has 0 atom stereocenters. The lowest BCUT2D eigenvalue weighted by molar-refractivity contribution is 0.816. The molecule has 2 nitrogen and oxygen atoms in total. The minimum atomic E-state index is 0.546. The van der Waals surface area contributed by atoms with Crippen molar-refractivity contribution in [2.75, 3.05) is 0 Å². The minimum absolute atomic E-state index is 0.546. The van der Waals surface area contributed by atoms with Crippen LogP contribution in [-0.4, -0.2) is 10.2 Å². The Bertz CT molecular complexity index is 254. The number of aromatic nitrogens is 2. The molecule has 1 heterocycles. The van der Waals surface area contributed by atoms with Gasteiger partial charge in [-0.15, -0.1) is 0 Å². The average molecular weight is 150 g/mol. The van der Waals surface area contributed by atoms with Crippen LogP contribution < -0.4 is 0 Å². The van der Waals surface area contributed by atoms with E-state index >= 15 is 0 Å². The van der Waals surface area contributed by atoms with Gasteiger partial charge in [-0.05, 0) is 30.9 Å². The second-order valence-corrected chi connectivity index (χ2v) is 3.17. The maximum absolute atomic E-state index is 3.97. The molecule has 0 amide bonds. The Hall–Kier alpha value is -0.920. The van der Waals surface area contributed by atoms with Gasteiger partial charge in [0, 0.05) is 0 Å². The van der Waals surface area contributed by atoms with Gasteiger partial charge in [-0.3, -0.25) is 0 Å². The zero-order valence-corrected chi connectivity index (χ0v) is 7.55. The molecule has 0 saturated carbocycles. The van der Waals surface area contributed by atoms with E-state index < -0.39 is 0 Å². The Kier molecular flexibility index (Phi) is 2.22. The number of rotatable bonds is 1. The van der Waals surface area contributed by atoms with Gasteiger partial charge in [0.25, 0.3) is 0 Å². The molecule has 11 heavy (non-hydrogen) atoms. The smallest absolute Gasteiger partial charge is 0.0632 e. The van der Waals surface area contributed by atoms with Crippen molar-refractivity contribution in [2.24, 2.45) is 0 Å². The second-order valence-electron chi connectivity index (χ2n) is 3.17. The molecule has 0 aliphatic carbocycles. The third-order valence-electron chi connectivity index (χ3n) is 2.00. The van der Waals surface area contributed by atoms with Crippen LogP contribution in [0.15, 0.2) is 6.20 Å². The highest BCUT2D eigenvalue weighted by Gasteiger charge is 2.05. The van der Waals surface area contributed by atoms with E-state index in [-0.39, 0.29) is 0 Å². The van der Waals surface area contributed by atoms with Gasteiger partial charge >= 0.3 is 0 Å². The topological polar surface area (TPSA) is 25.8 Å². The quantitative estimate of drug-likeness (QED) is 0.613. The number of hydrogen-bond acceptors (Lipinski definition) is 2. The first kappa shape index (κ1) is 8.18. The molecule has 1 aromatic heterocycles. The molecule has 0 saturated heterocycles. The fourth-order valence-corrected chi connectivity index (χ4v) is 1.14. The van der Waals surface area contributed by atoms with Crippen LogP contribution in [0, 0.1) is 13.8 Å². The number of hydrogen-bond donors (Lipinski definition) is 0. The van der Waals surface area contributed by atoms with E-state index in [9.17, 15) is 0 Å². The van der Waals surface area contributed by atoms with Gasteiger partial charge in [0.15, 0.2) is 0 Å². The molecular weight excluding hydrogens is 136 g/mol. The van der Waals surface area contributed by atoms with Crippen molar-refractivity contribution < 1.29 is 0 Å². The summed E-state index contributed by atoms with van der Waals surface area (Å²) in [6.07, 6.45) is 1.85. The molecule has 0 aliphatic heterocycles. The molecule has 1 rings (SSSR count). The molecule has 0 bridgehead atoms. The van der Waals surface area contributed by atoms with Crippen LogP contribution in [0.25, 0.3) is 0 Å². The molecule has 0 fully saturated rings. The molecule has 2 heteroatoms. The van der Waals surface area contributed by atoms with Gasteiger partial charge in [0.1, 0.15) is 0 Å². The molecule has 0 aromatic carbocycles. The average Bonchev–Trinajstić information content (AvgIpc) is 1.94. The summed E-state index contributed by atoms with van der Waals surface area (Å²) < 4.78 is 0. The largest absolute Gasteiger partial charge is 0.159 e. The fourth-order valence-electron chi connectivity index (χ4n) is 1.14. The van der Waals surface area contributed by atoms with Crippen molar-refractivity contribution in [1.29, 1.82) is 0 Å². The van der Waals surface area contributed by atoms with Gasteiger partial charge in [0.2, 0.25) is 0 Å². The maximum Gasteiger partial charge on any atom is 0.0632 e. The van der Waals surface area contributed by atoms with Crippen LogP contribution in [-0.2, 0) is 0 Å². The fraction of sp³-hybridized carbons (Fsp3) is 0.556. The van der Waals surface area contributed by atoms with E-state index in [2.05, 4.69) is 31.0 Å². The monoisotopic (exact) mass is 150 g/mol. The molecule has 0 N–H and O–H groups in total. The Morgan fingerprint density at radius 1 is 1.27 bits per heavy atom. The molecule has 0 spiro atoms. The molecule has 0 aliphatic rings. The van der Waals surface area contributed by atoms with Crippen molar-refractivity contribution in [3.63, 3.8) is 0 Å². The van der Waals surface area contributed by atoms with Crippen molar-refractivity contribution in [3.8, 4) is 0 Å². The van der Waals surface area contributed by atoms with E-state index in [1.165, 1.54) is 11.1 Å². The molecule has 0 unspecified atom stereocenters. The lowest BCUT2D eigenvalue weighted by atomic mass is 10.00. The van der Waals surface area contributed by atoms with Crippen molar-refractivity contribution in [3.05, 3.63) is 23.0 Å². The van der Waals surface area contributed by atoms with Crippen LogP contribution in [0.1, 0.15) is 36.6 Å². The van der Waals surface area contributed by atoms with Crippen LogP contribution >= 0.6 is 0 Å². The van der Waals surface area contributed by atoms with Crippen LogP contribution in [0.4, 0.5) is 0 Å². The van der Waals surface area contributed by atoms with E-state index in [4.69, 9.17) is 0 Å². The van der Waals surface area contributed by atoms with Crippen LogP contribution in [0.5, 0.6) is 0 Å². The molecule has 1 aromatic rings. The van der Waals surface area contributed by atoms with Gasteiger partial charge in [-0.25, -0.2) is 0 Å². The Morgan fingerprint density at radius 2 is 1.91 bits per heavy atom. The summed E-state index contributed by atoms with van der Waals surface area (Å²) in [5, 5.41) is 7.89. The summed E-state index contributed by atoms with van der Waals surface area (Å²) in [5.74, 6) is 0.546. The highest BCUT2D eigenvalue weighted by atomic mass is 15.1. The zero-order chi connectivity index (χ0) is 8.43. The third-order valence-corrected chi connectivity index (χ3v) is 2.00. The first-order valence-electron chi connectivity index (χ1n) is 3.91. The van der Waals surface area contributed by atoms with Gasteiger partial charge < -0.3 is 0 Å². The van der Waals surface area contributed by atoms with Gasteiger partial charge in [-0.1, -0.05) is 13.8 Å². The Labute approximate surface area is 67.7 Å². The number of aryl methyl sites for hydroxylation is 1. The van der Waals surface area contributed by atoms with Crippen LogP contribution in [0.2, 0.25) is 0 Å². The Balaban J connectivity index is 3.17. The standard InChI is InChI=1S/C9H14N2/c1-6(2)9-5-10-11-8(4)7(9)3/h5-6H,1-4H3. The van der Waals surface area contributed by atoms with Crippen LogP contribution in [0.3, 0.4) is 0 Å². The molecular formula is C9H14N2. The lowest BCUT2D eigenvalue weighted by Crippen LogP contribution is -1.98. The summed E-state index contributed by atoms with van der Waals surface area (Å²) in [5.41, 5.74) is 3.61. The minimum Gasteiger partial charge on any atom is -0.159 e. The van der Waals surface area contributed by atoms with Crippen molar-refractivity contribution >= 4 is 0 Å². The predicted octanol–water partition coefficient (Wildman–Crippen LogP) is 2.22. The van der Waals surface area contributed by atoms with Gasteiger partial charge in [-0.2, -0.15) is 10.2 Å². The maximum atomic E-state index is 3.97. The van der Waals surface area contributed by atoms with Crippen molar-refractivity contribution in [2.45, 2.75) is 33.6 Å². The third kappa shape index (κ3) is 1.56. The highest BCUT2D eigenvalue weighted by Crippen LogP contribution is 2.18. The summed E-state index contributed by atoms with van der Waals surface area (Å²) in [7, 11) is 0. The normalized spacial score (nSPS) is 10.6. The Morgan fingerprint density at radius 3 is 2.36 bits per heavy atom. The van der Waals surface area contributed by atoms with Crippen molar-refractivity contribution in [1.82, 2.24) is 10.2 Å². The lowest BCUT2D eigenvalue weighted by Gasteiger charge is -2.08. The number of nitrogens with zero attached hydrogens (tertiary/aromatic N) is 2. The van der Waals surface area contributed by atoms with Gasteiger partial charge in [0.05, 0.1) is 11.9 Å². The summed E-state index contributed by atoms with van der Waals surface area (Å²) in [6.45, 7) is 8.43. The SMILES string of the molecule is Cc1nncc(C(C)C)c1C. The predicted molar refractivity (Wildman–Crippen MR) is 45.6 cm³/mol.